The Labute approximate surface area is 191 Å². The zero-order chi connectivity index (χ0) is 22.7. The molecule has 4 bridgehead atoms. The number of carbonyl (C=O) groups is 1. The molecule has 170 valence electrons. The normalized spacial score (nSPS) is 17.5. The van der Waals surface area contributed by atoms with Crippen molar-refractivity contribution in [2.75, 3.05) is 19.7 Å². The molecule has 1 atom stereocenters. The summed E-state index contributed by atoms with van der Waals surface area (Å²) in [7, 11) is 0. The molecule has 2 aromatic rings. The van der Waals surface area contributed by atoms with Crippen LogP contribution in [-0.2, 0) is 30.4 Å². The number of aryl methyl sites for hydroxylation is 4. The predicted octanol–water partition coefficient (Wildman–Crippen LogP) is 5.21. The fourth-order valence-corrected chi connectivity index (χ4v) is 4.35. The molecule has 4 aliphatic carbocycles. The second-order valence-electron chi connectivity index (χ2n) is 9.00. The summed E-state index contributed by atoms with van der Waals surface area (Å²) in [5, 5.41) is 0. The second kappa shape index (κ2) is 9.76. The fourth-order valence-electron chi connectivity index (χ4n) is 4.35. The molecule has 5 aliphatic rings. The first-order valence-corrected chi connectivity index (χ1v) is 11.9. The van der Waals surface area contributed by atoms with Gasteiger partial charge in [0.2, 0.25) is 5.90 Å². The van der Waals surface area contributed by atoms with Gasteiger partial charge in [-0.2, -0.15) is 0 Å². The molecule has 5 heteroatoms. The second-order valence-corrected chi connectivity index (χ2v) is 9.00. The monoisotopic (exact) mass is 434 g/mol. The van der Waals surface area contributed by atoms with Crippen molar-refractivity contribution in [1.29, 1.82) is 0 Å². The van der Waals surface area contributed by atoms with E-state index >= 15 is 0 Å². The molecule has 1 heterocycles. The average molecular weight is 435 g/mol. The van der Waals surface area contributed by atoms with E-state index in [1.54, 1.807) is 4.90 Å². The molecule has 32 heavy (non-hydrogen) atoms. The molecule has 0 aromatic heterocycles. The lowest BCUT2D eigenvalue weighted by atomic mass is 9.92. The molecular formula is C27H34N2O3. The minimum atomic E-state index is -0.316. The Bertz CT molecular complexity index is 991. The van der Waals surface area contributed by atoms with Crippen LogP contribution in [0.2, 0.25) is 0 Å². The Balaban J connectivity index is 1.81. The van der Waals surface area contributed by atoms with Gasteiger partial charge >= 0.3 is 6.09 Å². The summed E-state index contributed by atoms with van der Waals surface area (Å²) in [6.45, 7) is 10.0. The van der Waals surface area contributed by atoms with Crippen LogP contribution in [0.25, 0.3) is 0 Å². The predicted molar refractivity (Wildman–Crippen MR) is 128 cm³/mol. The van der Waals surface area contributed by atoms with Crippen molar-refractivity contribution < 1.29 is 14.3 Å². The molecule has 7 rings (SSSR count). The number of amides is 1. The van der Waals surface area contributed by atoms with Crippen LogP contribution in [0.4, 0.5) is 4.79 Å². The maximum Gasteiger partial charge on any atom is 0.415 e. The van der Waals surface area contributed by atoms with Gasteiger partial charge in [0.15, 0.2) is 0 Å². The lowest BCUT2D eigenvalue weighted by Gasteiger charge is -2.23. The van der Waals surface area contributed by atoms with Crippen molar-refractivity contribution in [3.63, 3.8) is 0 Å². The lowest BCUT2D eigenvalue weighted by molar-refractivity contribution is 0.156. The molecule has 0 fully saturated rings. The molecule has 0 unspecified atom stereocenters. The average Bonchev–Trinajstić information content (AvgIpc) is 3.27. The Kier molecular flexibility index (Phi) is 6.83. The topological polar surface area (TPSA) is 51.1 Å². The largest absolute Gasteiger partial charge is 0.475 e. The first-order valence-electron chi connectivity index (χ1n) is 11.9. The van der Waals surface area contributed by atoms with Crippen molar-refractivity contribution in [2.45, 2.75) is 59.4 Å². The van der Waals surface area contributed by atoms with Crippen LogP contribution >= 0.6 is 0 Å². The van der Waals surface area contributed by atoms with Gasteiger partial charge in [-0.25, -0.2) is 9.79 Å². The molecule has 0 N–H and O–H groups in total. The smallest absolute Gasteiger partial charge is 0.415 e. The van der Waals surface area contributed by atoms with Crippen molar-refractivity contribution in [1.82, 2.24) is 4.90 Å². The summed E-state index contributed by atoms with van der Waals surface area (Å²) in [4.78, 5) is 19.6. The van der Waals surface area contributed by atoms with E-state index < -0.39 is 0 Å². The summed E-state index contributed by atoms with van der Waals surface area (Å²) >= 11 is 0. The van der Waals surface area contributed by atoms with Gasteiger partial charge in [0.1, 0.15) is 12.4 Å². The molecule has 1 aliphatic heterocycles. The highest BCUT2D eigenvalue weighted by Gasteiger charge is 2.30. The molecule has 2 aromatic carbocycles. The van der Waals surface area contributed by atoms with Gasteiger partial charge in [0.25, 0.3) is 0 Å². The van der Waals surface area contributed by atoms with Gasteiger partial charge in [-0.05, 0) is 67.7 Å². The minimum Gasteiger partial charge on any atom is -0.475 e. The Morgan fingerprint density at radius 1 is 1.00 bits per heavy atom. The van der Waals surface area contributed by atoms with Crippen molar-refractivity contribution in [2.24, 2.45) is 10.9 Å². The van der Waals surface area contributed by atoms with Gasteiger partial charge in [0, 0.05) is 13.1 Å². The van der Waals surface area contributed by atoms with E-state index in [1.807, 2.05) is 13.8 Å². The number of hydrogen-bond donors (Lipinski definition) is 0. The minimum absolute atomic E-state index is 0.124. The van der Waals surface area contributed by atoms with Gasteiger partial charge < -0.3 is 14.4 Å². The van der Waals surface area contributed by atoms with Crippen LogP contribution < -0.4 is 4.74 Å². The summed E-state index contributed by atoms with van der Waals surface area (Å²) in [6, 6.07) is 13.3. The number of hydrogen-bond acceptors (Lipinski definition) is 4. The third-order valence-electron chi connectivity index (χ3n) is 6.58. The van der Waals surface area contributed by atoms with Crippen LogP contribution in [0.5, 0.6) is 5.75 Å². The summed E-state index contributed by atoms with van der Waals surface area (Å²) < 4.78 is 12.2. The number of aliphatic imine (C=N–C) groups is 1. The quantitative estimate of drug-likeness (QED) is 0.649. The molecule has 0 radical (unpaired) electrons. The number of benzene rings is 2. The standard InChI is InChI=1S/C27H34N2O3/c1-5-29(6-2)27(30)32-25-22-14-12-20-9-7-19(8-10-20)11-13-21(15-16-22)24(25)26-28-23(17-31-26)18(3)4/h7-10,15-16,18,23H,5-6,11-14,17H2,1-4H3/t23-/m1/s1. The number of carbonyl (C=O) groups excluding carboxylic acids is 1. The third kappa shape index (κ3) is 4.67. The van der Waals surface area contributed by atoms with E-state index in [4.69, 9.17) is 14.5 Å². The Morgan fingerprint density at radius 2 is 1.59 bits per heavy atom. The van der Waals surface area contributed by atoms with Crippen molar-refractivity contribution in [3.05, 3.63) is 64.2 Å². The summed E-state index contributed by atoms with van der Waals surface area (Å²) in [5.74, 6) is 1.63. The van der Waals surface area contributed by atoms with Crippen molar-refractivity contribution in [3.8, 4) is 5.75 Å². The summed E-state index contributed by atoms with van der Waals surface area (Å²) in [6.07, 6.45) is 3.10. The van der Waals surface area contributed by atoms with E-state index in [0.717, 1.165) is 42.4 Å². The Morgan fingerprint density at radius 3 is 2.16 bits per heavy atom. The van der Waals surface area contributed by atoms with Crippen LogP contribution in [0.15, 0.2) is 41.4 Å². The Hall–Kier alpha value is -2.82. The summed E-state index contributed by atoms with van der Waals surface area (Å²) in [5.41, 5.74) is 5.59. The SMILES string of the molecule is CCN(CC)C(=O)Oc1c2ccc(c1C1=N[C@@H](C(C)C)CO1)CCc1ccc(cc1)CC2. The molecule has 0 spiro atoms. The van der Waals surface area contributed by atoms with E-state index in [-0.39, 0.29) is 12.1 Å². The maximum absolute atomic E-state index is 13.0. The maximum atomic E-state index is 13.0. The number of nitrogens with zero attached hydrogens (tertiary/aromatic N) is 2. The van der Waals surface area contributed by atoms with E-state index in [9.17, 15) is 4.79 Å². The zero-order valence-electron chi connectivity index (χ0n) is 19.7. The third-order valence-corrected chi connectivity index (χ3v) is 6.58. The van der Waals surface area contributed by atoms with Gasteiger partial charge in [0.05, 0.1) is 11.6 Å². The highest BCUT2D eigenvalue weighted by atomic mass is 16.6. The van der Waals surface area contributed by atoms with E-state index in [1.165, 1.54) is 11.1 Å². The van der Waals surface area contributed by atoms with Crippen LogP contribution in [0.1, 0.15) is 55.5 Å². The first-order chi connectivity index (χ1) is 15.5. The van der Waals surface area contributed by atoms with Gasteiger partial charge in [-0.15, -0.1) is 0 Å². The van der Waals surface area contributed by atoms with Crippen LogP contribution in [0, 0.1) is 5.92 Å². The molecule has 5 nitrogen and oxygen atoms in total. The lowest BCUT2D eigenvalue weighted by Crippen LogP contribution is -2.33. The molecule has 0 saturated heterocycles. The first kappa shape index (κ1) is 22.4. The van der Waals surface area contributed by atoms with E-state index in [2.05, 4.69) is 50.2 Å². The zero-order valence-corrected chi connectivity index (χ0v) is 19.7. The highest BCUT2D eigenvalue weighted by molar-refractivity contribution is 6.00. The molecule has 0 saturated carbocycles. The van der Waals surface area contributed by atoms with Gasteiger partial charge in [-0.1, -0.05) is 50.2 Å². The molecule has 1 amide bonds. The van der Waals surface area contributed by atoms with Gasteiger partial charge in [-0.3, -0.25) is 0 Å². The van der Waals surface area contributed by atoms with Crippen LogP contribution in [-0.4, -0.2) is 42.6 Å². The molecular weight excluding hydrogens is 400 g/mol. The van der Waals surface area contributed by atoms with Crippen LogP contribution in [0.3, 0.4) is 0 Å². The van der Waals surface area contributed by atoms with E-state index in [0.29, 0.717) is 37.3 Å². The number of ether oxygens (including phenoxy) is 2. The highest BCUT2D eigenvalue weighted by Crippen LogP contribution is 2.34. The number of rotatable bonds is 5. The fraction of sp³-hybridized carbons (Fsp3) is 0.481. The van der Waals surface area contributed by atoms with Crippen molar-refractivity contribution >= 4 is 12.0 Å².